The standard InChI is InChI=1S/C13H18O2/c1-4-13(14)15-9-11-6-5-7-12(8-11)10(2)3/h5-8,10H,4,9H2,1-3H3. The highest BCUT2D eigenvalue weighted by Gasteiger charge is 2.02. The first-order chi connectivity index (χ1) is 7.13. The summed E-state index contributed by atoms with van der Waals surface area (Å²) >= 11 is 0. The predicted molar refractivity (Wildman–Crippen MR) is 60.6 cm³/mol. The first-order valence-electron chi connectivity index (χ1n) is 5.38. The van der Waals surface area contributed by atoms with Gasteiger partial charge in [0.1, 0.15) is 6.61 Å². The molecule has 2 heteroatoms. The monoisotopic (exact) mass is 206 g/mol. The fraction of sp³-hybridized carbons (Fsp3) is 0.462. The van der Waals surface area contributed by atoms with Crippen LogP contribution in [0.15, 0.2) is 24.3 Å². The second kappa shape index (κ2) is 5.54. The van der Waals surface area contributed by atoms with Crippen molar-refractivity contribution in [1.29, 1.82) is 0 Å². The van der Waals surface area contributed by atoms with E-state index in [-0.39, 0.29) is 5.97 Å². The molecule has 1 aromatic carbocycles. The van der Waals surface area contributed by atoms with Crippen LogP contribution in [0.3, 0.4) is 0 Å². The van der Waals surface area contributed by atoms with Gasteiger partial charge in [-0.2, -0.15) is 0 Å². The molecule has 0 fully saturated rings. The molecule has 0 aliphatic rings. The Morgan fingerprint density at radius 3 is 2.73 bits per heavy atom. The van der Waals surface area contributed by atoms with E-state index in [2.05, 4.69) is 26.0 Å². The zero-order valence-corrected chi connectivity index (χ0v) is 9.62. The van der Waals surface area contributed by atoms with Crippen molar-refractivity contribution in [2.24, 2.45) is 0 Å². The Labute approximate surface area is 91.3 Å². The van der Waals surface area contributed by atoms with Crippen LogP contribution in [0.1, 0.15) is 44.2 Å². The summed E-state index contributed by atoms with van der Waals surface area (Å²) in [4.78, 5) is 11.0. The Hall–Kier alpha value is -1.31. The smallest absolute Gasteiger partial charge is 0.305 e. The van der Waals surface area contributed by atoms with Crippen molar-refractivity contribution in [3.63, 3.8) is 0 Å². The number of esters is 1. The SMILES string of the molecule is CCC(=O)OCc1cccc(C(C)C)c1. The molecule has 1 aromatic rings. The molecular weight excluding hydrogens is 188 g/mol. The number of carbonyl (C=O) groups is 1. The third kappa shape index (κ3) is 3.74. The molecule has 0 bridgehead atoms. The third-order valence-corrected chi connectivity index (χ3v) is 2.31. The number of hydrogen-bond donors (Lipinski definition) is 0. The van der Waals surface area contributed by atoms with Gasteiger partial charge in [0.25, 0.3) is 0 Å². The molecule has 2 nitrogen and oxygen atoms in total. The Balaban J connectivity index is 2.61. The quantitative estimate of drug-likeness (QED) is 0.707. The van der Waals surface area contributed by atoms with Crippen LogP contribution in [0, 0.1) is 0 Å². The topological polar surface area (TPSA) is 26.3 Å². The van der Waals surface area contributed by atoms with Gasteiger partial charge in [0, 0.05) is 6.42 Å². The van der Waals surface area contributed by atoms with E-state index >= 15 is 0 Å². The summed E-state index contributed by atoms with van der Waals surface area (Å²) in [6.45, 7) is 6.48. The molecule has 0 aliphatic heterocycles. The first-order valence-corrected chi connectivity index (χ1v) is 5.38. The molecule has 0 aromatic heterocycles. The van der Waals surface area contributed by atoms with Gasteiger partial charge in [-0.25, -0.2) is 0 Å². The maximum atomic E-state index is 11.0. The molecule has 82 valence electrons. The molecule has 15 heavy (non-hydrogen) atoms. The van der Waals surface area contributed by atoms with Crippen molar-refractivity contribution in [3.05, 3.63) is 35.4 Å². The van der Waals surface area contributed by atoms with Gasteiger partial charge in [-0.3, -0.25) is 4.79 Å². The summed E-state index contributed by atoms with van der Waals surface area (Å²) in [6, 6.07) is 8.17. The number of benzene rings is 1. The maximum absolute atomic E-state index is 11.0. The Bertz CT molecular complexity index is 329. The number of carbonyl (C=O) groups excluding carboxylic acids is 1. The van der Waals surface area contributed by atoms with Gasteiger partial charge in [-0.05, 0) is 17.0 Å². The Kier molecular flexibility index (Phi) is 4.35. The average Bonchev–Trinajstić information content (AvgIpc) is 2.26. The highest BCUT2D eigenvalue weighted by atomic mass is 16.5. The molecule has 0 amide bonds. The lowest BCUT2D eigenvalue weighted by Gasteiger charge is -2.08. The van der Waals surface area contributed by atoms with Crippen molar-refractivity contribution in [2.45, 2.75) is 39.7 Å². The maximum Gasteiger partial charge on any atom is 0.305 e. The lowest BCUT2D eigenvalue weighted by Crippen LogP contribution is -2.02. The van der Waals surface area contributed by atoms with E-state index in [1.165, 1.54) is 5.56 Å². The highest BCUT2D eigenvalue weighted by molar-refractivity contribution is 5.68. The average molecular weight is 206 g/mol. The summed E-state index contributed by atoms with van der Waals surface area (Å²) < 4.78 is 5.07. The lowest BCUT2D eigenvalue weighted by atomic mass is 10.0. The molecule has 0 unspecified atom stereocenters. The van der Waals surface area contributed by atoms with Crippen molar-refractivity contribution < 1.29 is 9.53 Å². The molecule has 0 saturated heterocycles. The minimum Gasteiger partial charge on any atom is -0.461 e. The molecule has 0 N–H and O–H groups in total. The van der Waals surface area contributed by atoms with Gasteiger partial charge in [-0.1, -0.05) is 45.0 Å². The van der Waals surface area contributed by atoms with E-state index in [0.717, 1.165) is 5.56 Å². The molecular formula is C13H18O2. The molecule has 0 heterocycles. The van der Waals surface area contributed by atoms with Crippen LogP contribution in [-0.4, -0.2) is 5.97 Å². The zero-order chi connectivity index (χ0) is 11.3. The molecule has 1 rings (SSSR count). The van der Waals surface area contributed by atoms with E-state index in [1.54, 1.807) is 6.92 Å². The predicted octanol–water partition coefficient (Wildman–Crippen LogP) is 3.26. The van der Waals surface area contributed by atoms with Crippen molar-refractivity contribution >= 4 is 5.97 Å². The normalized spacial score (nSPS) is 10.4. The van der Waals surface area contributed by atoms with Crippen molar-refractivity contribution in [2.75, 3.05) is 0 Å². The second-order valence-electron chi connectivity index (χ2n) is 3.91. The highest BCUT2D eigenvalue weighted by Crippen LogP contribution is 2.16. The summed E-state index contributed by atoms with van der Waals surface area (Å²) in [6.07, 6.45) is 0.434. The molecule has 0 saturated carbocycles. The fourth-order valence-electron chi connectivity index (χ4n) is 1.31. The molecule has 0 atom stereocenters. The van der Waals surface area contributed by atoms with Crippen LogP contribution in [0.5, 0.6) is 0 Å². The summed E-state index contributed by atoms with van der Waals surface area (Å²) in [5.74, 6) is 0.358. The molecule has 0 aliphatic carbocycles. The Morgan fingerprint density at radius 2 is 2.13 bits per heavy atom. The van der Waals surface area contributed by atoms with E-state index in [1.807, 2.05) is 12.1 Å². The van der Waals surface area contributed by atoms with Crippen molar-refractivity contribution in [1.82, 2.24) is 0 Å². The molecule has 0 radical (unpaired) electrons. The largest absolute Gasteiger partial charge is 0.461 e. The summed E-state index contributed by atoms with van der Waals surface area (Å²) in [5.41, 5.74) is 2.34. The molecule has 0 spiro atoms. The van der Waals surface area contributed by atoms with Gasteiger partial charge in [-0.15, -0.1) is 0 Å². The van der Waals surface area contributed by atoms with Gasteiger partial charge in [0.15, 0.2) is 0 Å². The fourth-order valence-corrected chi connectivity index (χ4v) is 1.31. The van der Waals surface area contributed by atoms with E-state index in [0.29, 0.717) is 18.9 Å². The van der Waals surface area contributed by atoms with E-state index in [9.17, 15) is 4.79 Å². The van der Waals surface area contributed by atoms with E-state index in [4.69, 9.17) is 4.74 Å². The van der Waals surface area contributed by atoms with Crippen molar-refractivity contribution in [3.8, 4) is 0 Å². The minimum absolute atomic E-state index is 0.148. The lowest BCUT2D eigenvalue weighted by molar-refractivity contribution is -0.144. The van der Waals surface area contributed by atoms with Gasteiger partial charge in [0.2, 0.25) is 0 Å². The van der Waals surface area contributed by atoms with Gasteiger partial charge in [0.05, 0.1) is 0 Å². The zero-order valence-electron chi connectivity index (χ0n) is 9.62. The van der Waals surface area contributed by atoms with Crippen LogP contribution in [-0.2, 0) is 16.1 Å². The summed E-state index contributed by atoms with van der Waals surface area (Å²) in [5, 5.41) is 0. The number of ether oxygens (including phenoxy) is 1. The van der Waals surface area contributed by atoms with Crippen LogP contribution in [0.2, 0.25) is 0 Å². The van der Waals surface area contributed by atoms with E-state index < -0.39 is 0 Å². The van der Waals surface area contributed by atoms with Crippen LogP contribution >= 0.6 is 0 Å². The second-order valence-corrected chi connectivity index (χ2v) is 3.91. The summed E-state index contributed by atoms with van der Waals surface area (Å²) in [7, 11) is 0. The van der Waals surface area contributed by atoms with Crippen LogP contribution in [0.4, 0.5) is 0 Å². The van der Waals surface area contributed by atoms with Gasteiger partial charge >= 0.3 is 5.97 Å². The third-order valence-electron chi connectivity index (χ3n) is 2.31. The first kappa shape index (κ1) is 11.8. The van der Waals surface area contributed by atoms with Gasteiger partial charge < -0.3 is 4.74 Å². The Morgan fingerprint density at radius 1 is 1.40 bits per heavy atom. The number of rotatable bonds is 4. The minimum atomic E-state index is -0.148. The number of hydrogen-bond acceptors (Lipinski definition) is 2. The van der Waals surface area contributed by atoms with Crippen LogP contribution in [0.25, 0.3) is 0 Å². The van der Waals surface area contributed by atoms with Crippen LogP contribution < -0.4 is 0 Å².